The molecule has 0 amide bonds. The molecule has 5 nitrogen and oxygen atoms in total. The number of piperazine rings is 1. The Labute approximate surface area is 154 Å². The fraction of sp³-hybridized carbons (Fsp3) is 0.238. The molecule has 134 valence electrons. The van der Waals surface area contributed by atoms with Gasteiger partial charge in [0, 0.05) is 31.7 Å². The SMILES string of the molecule is C=CN1CCN(C(=Nc2ccccc2)c2ccc(C(=O)OC)cc2)CC1. The van der Waals surface area contributed by atoms with E-state index in [4.69, 9.17) is 9.73 Å². The lowest BCUT2D eigenvalue weighted by atomic mass is 10.1. The van der Waals surface area contributed by atoms with Gasteiger partial charge < -0.3 is 14.5 Å². The number of ether oxygens (including phenoxy) is 1. The normalized spacial score (nSPS) is 14.9. The van der Waals surface area contributed by atoms with Gasteiger partial charge in [0.1, 0.15) is 5.84 Å². The maximum atomic E-state index is 11.7. The molecule has 0 unspecified atom stereocenters. The summed E-state index contributed by atoms with van der Waals surface area (Å²) in [7, 11) is 1.39. The average molecular weight is 349 g/mol. The molecule has 1 fully saturated rings. The van der Waals surface area contributed by atoms with E-state index in [1.54, 1.807) is 12.1 Å². The molecule has 2 aromatic rings. The van der Waals surface area contributed by atoms with Crippen molar-refractivity contribution >= 4 is 17.5 Å². The molecule has 1 aliphatic heterocycles. The summed E-state index contributed by atoms with van der Waals surface area (Å²) in [6.07, 6.45) is 1.89. The van der Waals surface area contributed by atoms with E-state index in [-0.39, 0.29) is 5.97 Å². The number of nitrogens with zero attached hydrogens (tertiary/aromatic N) is 3. The molecule has 1 heterocycles. The van der Waals surface area contributed by atoms with E-state index in [1.165, 1.54) is 7.11 Å². The highest BCUT2D eigenvalue weighted by atomic mass is 16.5. The standard InChI is InChI=1S/C21H23N3O2/c1-3-23-13-15-24(16-14-23)20(22-19-7-5-4-6-8-19)17-9-11-18(12-10-17)21(25)26-2/h3-12H,1,13-16H2,2H3. The zero-order valence-electron chi connectivity index (χ0n) is 15.0. The molecule has 0 N–H and O–H groups in total. The second kappa shape index (κ2) is 8.34. The molecule has 0 radical (unpaired) electrons. The van der Waals surface area contributed by atoms with E-state index in [0.29, 0.717) is 5.56 Å². The number of carbonyl (C=O) groups is 1. The fourth-order valence-corrected chi connectivity index (χ4v) is 2.93. The Morgan fingerprint density at radius 3 is 2.19 bits per heavy atom. The van der Waals surface area contributed by atoms with Crippen LogP contribution in [0.2, 0.25) is 0 Å². The third-order valence-corrected chi connectivity index (χ3v) is 4.43. The Balaban J connectivity index is 1.92. The minimum absolute atomic E-state index is 0.335. The summed E-state index contributed by atoms with van der Waals surface area (Å²) in [6, 6.07) is 17.3. The topological polar surface area (TPSA) is 45.1 Å². The third-order valence-electron chi connectivity index (χ3n) is 4.43. The van der Waals surface area contributed by atoms with Crippen molar-refractivity contribution in [2.24, 2.45) is 4.99 Å². The van der Waals surface area contributed by atoms with Crippen LogP contribution < -0.4 is 0 Å². The number of hydrogen-bond acceptors (Lipinski definition) is 4. The molecular formula is C21H23N3O2. The predicted molar refractivity (Wildman–Crippen MR) is 104 cm³/mol. The van der Waals surface area contributed by atoms with E-state index in [0.717, 1.165) is 43.3 Å². The lowest BCUT2D eigenvalue weighted by molar-refractivity contribution is 0.0600. The van der Waals surface area contributed by atoms with Crippen molar-refractivity contribution < 1.29 is 9.53 Å². The van der Waals surface area contributed by atoms with Gasteiger partial charge in [-0.05, 0) is 30.5 Å². The van der Waals surface area contributed by atoms with Gasteiger partial charge in [0.25, 0.3) is 0 Å². The Morgan fingerprint density at radius 1 is 1.00 bits per heavy atom. The summed E-state index contributed by atoms with van der Waals surface area (Å²) in [5.41, 5.74) is 2.42. The first-order chi connectivity index (χ1) is 12.7. The van der Waals surface area contributed by atoms with Crippen LogP contribution in [0.5, 0.6) is 0 Å². The molecular weight excluding hydrogens is 326 g/mol. The number of esters is 1. The van der Waals surface area contributed by atoms with Gasteiger partial charge in [0.05, 0.1) is 18.4 Å². The Bertz CT molecular complexity index is 777. The maximum absolute atomic E-state index is 11.7. The van der Waals surface area contributed by atoms with Crippen molar-refractivity contribution in [2.45, 2.75) is 0 Å². The molecule has 26 heavy (non-hydrogen) atoms. The number of amidine groups is 1. The second-order valence-electron chi connectivity index (χ2n) is 6.05. The van der Waals surface area contributed by atoms with Crippen LogP contribution in [0.3, 0.4) is 0 Å². The summed E-state index contributed by atoms with van der Waals surface area (Å²) in [4.78, 5) is 21.0. The van der Waals surface area contributed by atoms with Crippen LogP contribution in [-0.4, -0.2) is 54.9 Å². The molecule has 0 bridgehead atoms. The van der Waals surface area contributed by atoms with Crippen molar-refractivity contribution in [2.75, 3.05) is 33.3 Å². The van der Waals surface area contributed by atoms with Gasteiger partial charge in [-0.1, -0.05) is 36.9 Å². The van der Waals surface area contributed by atoms with Gasteiger partial charge in [-0.15, -0.1) is 0 Å². The molecule has 1 saturated heterocycles. The number of methoxy groups -OCH3 is 1. The van der Waals surface area contributed by atoms with Gasteiger partial charge in [0.15, 0.2) is 0 Å². The molecule has 2 aromatic carbocycles. The summed E-state index contributed by atoms with van der Waals surface area (Å²) in [5.74, 6) is 0.578. The van der Waals surface area contributed by atoms with Gasteiger partial charge in [0.2, 0.25) is 0 Å². The van der Waals surface area contributed by atoms with Gasteiger partial charge >= 0.3 is 5.97 Å². The van der Waals surface area contributed by atoms with Crippen molar-refractivity contribution in [3.8, 4) is 0 Å². The van der Waals surface area contributed by atoms with Crippen LogP contribution >= 0.6 is 0 Å². The molecule has 0 spiro atoms. The maximum Gasteiger partial charge on any atom is 0.337 e. The quantitative estimate of drug-likeness (QED) is 0.483. The number of rotatable bonds is 4. The number of aliphatic imine (C=N–C) groups is 1. The predicted octanol–water partition coefficient (Wildman–Crippen LogP) is 3.31. The van der Waals surface area contributed by atoms with E-state index < -0.39 is 0 Å². The lowest BCUT2D eigenvalue weighted by Gasteiger charge is -2.36. The van der Waals surface area contributed by atoms with Crippen molar-refractivity contribution in [1.29, 1.82) is 0 Å². The van der Waals surface area contributed by atoms with Gasteiger partial charge in [-0.2, -0.15) is 0 Å². The van der Waals surface area contributed by atoms with E-state index in [1.807, 2.05) is 48.7 Å². The highest BCUT2D eigenvalue weighted by molar-refractivity contribution is 6.01. The van der Waals surface area contributed by atoms with Crippen LogP contribution in [-0.2, 0) is 4.74 Å². The molecule has 0 aromatic heterocycles. The number of carbonyl (C=O) groups excluding carboxylic acids is 1. The lowest BCUT2D eigenvalue weighted by Crippen LogP contribution is -2.47. The van der Waals surface area contributed by atoms with E-state index >= 15 is 0 Å². The average Bonchev–Trinajstić information content (AvgIpc) is 2.72. The van der Waals surface area contributed by atoms with E-state index in [2.05, 4.69) is 16.4 Å². The Kier molecular flexibility index (Phi) is 5.69. The van der Waals surface area contributed by atoms with Crippen LogP contribution in [0.1, 0.15) is 15.9 Å². The molecule has 0 aliphatic carbocycles. The monoisotopic (exact) mass is 349 g/mol. The second-order valence-corrected chi connectivity index (χ2v) is 6.05. The van der Waals surface area contributed by atoms with Crippen LogP contribution in [0.25, 0.3) is 0 Å². The zero-order valence-corrected chi connectivity index (χ0v) is 15.0. The first-order valence-electron chi connectivity index (χ1n) is 8.65. The number of benzene rings is 2. The summed E-state index contributed by atoms with van der Waals surface area (Å²) in [5, 5.41) is 0. The van der Waals surface area contributed by atoms with Crippen LogP contribution in [0.4, 0.5) is 5.69 Å². The van der Waals surface area contributed by atoms with Crippen LogP contribution in [0, 0.1) is 0 Å². The van der Waals surface area contributed by atoms with Crippen molar-refractivity contribution in [3.05, 3.63) is 78.5 Å². The highest BCUT2D eigenvalue weighted by Crippen LogP contribution is 2.18. The minimum Gasteiger partial charge on any atom is -0.465 e. The summed E-state index contributed by atoms with van der Waals surface area (Å²) < 4.78 is 4.78. The Hall–Kier alpha value is -3.08. The highest BCUT2D eigenvalue weighted by Gasteiger charge is 2.19. The summed E-state index contributed by atoms with van der Waals surface area (Å²) >= 11 is 0. The first-order valence-corrected chi connectivity index (χ1v) is 8.65. The minimum atomic E-state index is -0.335. The zero-order chi connectivity index (χ0) is 18.4. The molecule has 5 heteroatoms. The largest absolute Gasteiger partial charge is 0.465 e. The van der Waals surface area contributed by atoms with Crippen LogP contribution in [0.15, 0.2) is 72.4 Å². The molecule has 0 atom stereocenters. The Morgan fingerprint density at radius 2 is 1.62 bits per heavy atom. The molecule has 0 saturated carbocycles. The van der Waals surface area contributed by atoms with Gasteiger partial charge in [-0.25, -0.2) is 9.79 Å². The van der Waals surface area contributed by atoms with Gasteiger partial charge in [-0.3, -0.25) is 0 Å². The summed E-state index contributed by atoms with van der Waals surface area (Å²) in [6.45, 7) is 7.42. The van der Waals surface area contributed by atoms with E-state index in [9.17, 15) is 4.79 Å². The third kappa shape index (κ3) is 4.11. The smallest absolute Gasteiger partial charge is 0.337 e. The van der Waals surface area contributed by atoms with Crippen molar-refractivity contribution in [1.82, 2.24) is 9.80 Å². The van der Waals surface area contributed by atoms with Crippen molar-refractivity contribution in [3.63, 3.8) is 0 Å². The number of hydrogen-bond donors (Lipinski definition) is 0. The first kappa shape index (κ1) is 17.7. The molecule has 1 aliphatic rings. The molecule has 3 rings (SSSR count). The number of para-hydroxylation sites is 1. The fourth-order valence-electron chi connectivity index (χ4n) is 2.93.